The fourth-order valence-corrected chi connectivity index (χ4v) is 5.45. The van der Waals surface area contributed by atoms with Crippen molar-refractivity contribution in [3.8, 4) is 0 Å². The Bertz CT molecular complexity index is 567. The van der Waals surface area contributed by atoms with E-state index in [0.717, 1.165) is 51.4 Å². The van der Waals surface area contributed by atoms with Gasteiger partial charge in [0.25, 0.3) is 0 Å². The summed E-state index contributed by atoms with van der Waals surface area (Å²) >= 11 is 0. The summed E-state index contributed by atoms with van der Waals surface area (Å²) in [5.74, 6) is 1.21. The molecule has 2 saturated carbocycles. The number of allylic oxidation sites excluding steroid dienone is 2. The van der Waals surface area contributed by atoms with Crippen molar-refractivity contribution in [2.75, 3.05) is 0 Å². The summed E-state index contributed by atoms with van der Waals surface area (Å²) < 4.78 is 5.14. The molecule has 0 radical (unpaired) electrons. The molecule has 2 aliphatic rings. The van der Waals surface area contributed by atoms with Crippen LogP contribution in [0.3, 0.4) is 0 Å². The standard InChI is InChI=1S/C26H44O4/c1-4-5-6-9-12-16-26(29)17-15-22-21(19-26)18-24(27)23(22)13-10-7-8-11-14-25(28)30-20(2)3/h7,10,20-23,29H,4-6,8-9,11-19H2,1-3H3/t21-,22?,23?,26+/m1/s1. The van der Waals surface area contributed by atoms with E-state index in [4.69, 9.17) is 4.74 Å². The molecule has 2 unspecified atom stereocenters. The molecule has 0 spiro atoms. The molecule has 0 saturated heterocycles. The monoisotopic (exact) mass is 420 g/mol. The summed E-state index contributed by atoms with van der Waals surface area (Å²) in [7, 11) is 0. The van der Waals surface area contributed by atoms with Gasteiger partial charge in [0.2, 0.25) is 0 Å². The Labute approximate surface area is 183 Å². The molecule has 0 aromatic rings. The van der Waals surface area contributed by atoms with Crippen LogP contribution in [0.2, 0.25) is 0 Å². The van der Waals surface area contributed by atoms with E-state index in [1.54, 1.807) is 0 Å². The van der Waals surface area contributed by atoms with Crippen molar-refractivity contribution >= 4 is 11.8 Å². The number of fused-ring (bicyclic) bond motifs is 1. The number of rotatable bonds is 13. The first-order valence-corrected chi connectivity index (χ1v) is 12.4. The van der Waals surface area contributed by atoms with Crippen molar-refractivity contribution in [1.82, 2.24) is 0 Å². The summed E-state index contributed by atoms with van der Waals surface area (Å²) in [5.41, 5.74) is -0.539. The molecule has 0 aromatic heterocycles. The number of carbonyl (C=O) groups excluding carboxylic acids is 2. The Morgan fingerprint density at radius 1 is 1.20 bits per heavy atom. The van der Waals surface area contributed by atoms with Gasteiger partial charge in [-0.3, -0.25) is 9.59 Å². The van der Waals surface area contributed by atoms with Crippen LogP contribution in [0.25, 0.3) is 0 Å². The lowest BCUT2D eigenvalue weighted by atomic mass is 9.69. The first kappa shape index (κ1) is 25.1. The summed E-state index contributed by atoms with van der Waals surface area (Å²) in [5, 5.41) is 11.1. The second-order valence-electron chi connectivity index (χ2n) is 9.97. The van der Waals surface area contributed by atoms with Gasteiger partial charge in [0.05, 0.1) is 11.7 Å². The van der Waals surface area contributed by atoms with Gasteiger partial charge in [-0.15, -0.1) is 0 Å². The van der Waals surface area contributed by atoms with Crippen LogP contribution in [-0.2, 0) is 14.3 Å². The maximum Gasteiger partial charge on any atom is 0.306 e. The fraction of sp³-hybridized carbons (Fsp3) is 0.846. The maximum absolute atomic E-state index is 12.6. The highest BCUT2D eigenvalue weighted by molar-refractivity contribution is 5.84. The molecule has 4 nitrogen and oxygen atoms in total. The van der Waals surface area contributed by atoms with Gasteiger partial charge < -0.3 is 9.84 Å². The molecular formula is C26H44O4. The van der Waals surface area contributed by atoms with Crippen LogP contribution in [0.4, 0.5) is 0 Å². The zero-order valence-electron chi connectivity index (χ0n) is 19.5. The van der Waals surface area contributed by atoms with Crippen LogP contribution in [0.5, 0.6) is 0 Å². The van der Waals surface area contributed by atoms with Crippen molar-refractivity contribution in [1.29, 1.82) is 0 Å². The Kier molecular flexibility index (Phi) is 10.6. The summed E-state index contributed by atoms with van der Waals surface area (Å²) in [4.78, 5) is 24.2. The van der Waals surface area contributed by atoms with E-state index in [1.165, 1.54) is 25.7 Å². The summed E-state index contributed by atoms with van der Waals surface area (Å²) in [6, 6.07) is 0. The Balaban J connectivity index is 1.70. The smallest absolute Gasteiger partial charge is 0.306 e. The first-order chi connectivity index (χ1) is 14.3. The highest BCUT2D eigenvalue weighted by atomic mass is 16.5. The Morgan fingerprint density at radius 2 is 1.97 bits per heavy atom. The SMILES string of the molecule is CCCCCCC[C@]1(O)CCC2C(CC=CCCCC(=O)OC(C)C)C(=O)C[C@@H]2C1. The van der Waals surface area contributed by atoms with Crippen molar-refractivity contribution in [2.45, 2.75) is 122 Å². The average molecular weight is 421 g/mol. The molecule has 4 heteroatoms. The summed E-state index contributed by atoms with van der Waals surface area (Å²) in [6.45, 7) is 5.95. The minimum absolute atomic E-state index is 0.0522. The molecule has 1 N–H and O–H groups in total. The van der Waals surface area contributed by atoms with Crippen LogP contribution >= 0.6 is 0 Å². The minimum atomic E-state index is -0.539. The lowest BCUT2D eigenvalue weighted by Gasteiger charge is -2.40. The minimum Gasteiger partial charge on any atom is -0.463 e. The molecule has 0 bridgehead atoms. The van der Waals surface area contributed by atoms with Gasteiger partial charge in [0, 0.05) is 18.8 Å². The second kappa shape index (κ2) is 12.6. The normalized spacial score (nSPS) is 29.0. The molecule has 2 rings (SSSR count). The second-order valence-corrected chi connectivity index (χ2v) is 9.97. The summed E-state index contributed by atoms with van der Waals surface area (Å²) in [6.07, 6.45) is 17.4. The molecule has 172 valence electrons. The molecule has 2 aliphatic carbocycles. The lowest BCUT2D eigenvalue weighted by molar-refractivity contribution is -0.147. The van der Waals surface area contributed by atoms with Gasteiger partial charge in [-0.25, -0.2) is 0 Å². The molecule has 2 fully saturated rings. The molecular weight excluding hydrogens is 376 g/mol. The molecule has 30 heavy (non-hydrogen) atoms. The van der Waals surface area contributed by atoms with Crippen LogP contribution in [0.15, 0.2) is 12.2 Å². The predicted molar refractivity (Wildman–Crippen MR) is 121 cm³/mol. The van der Waals surface area contributed by atoms with Crippen molar-refractivity contribution in [3.05, 3.63) is 12.2 Å². The molecule has 0 aliphatic heterocycles. The third kappa shape index (κ3) is 8.17. The number of aliphatic hydroxyl groups is 1. The van der Waals surface area contributed by atoms with Gasteiger partial charge in [0.1, 0.15) is 5.78 Å². The van der Waals surface area contributed by atoms with Gasteiger partial charge in [0.15, 0.2) is 0 Å². The average Bonchev–Trinajstić information content (AvgIpc) is 2.97. The number of Topliss-reactive ketones (excluding diaryl/α,β-unsaturated/α-hetero) is 1. The number of unbranched alkanes of at least 4 members (excludes halogenated alkanes) is 5. The number of hydrogen-bond donors (Lipinski definition) is 1. The fourth-order valence-electron chi connectivity index (χ4n) is 5.45. The molecule has 0 amide bonds. The quantitative estimate of drug-likeness (QED) is 0.220. The van der Waals surface area contributed by atoms with Crippen molar-refractivity contribution in [3.63, 3.8) is 0 Å². The number of ether oxygens (including phenoxy) is 1. The van der Waals surface area contributed by atoms with E-state index in [-0.39, 0.29) is 18.0 Å². The van der Waals surface area contributed by atoms with Gasteiger partial charge in [-0.2, -0.15) is 0 Å². The highest BCUT2D eigenvalue weighted by Crippen LogP contribution is 2.49. The zero-order valence-corrected chi connectivity index (χ0v) is 19.5. The lowest BCUT2D eigenvalue weighted by Crippen LogP contribution is -2.38. The van der Waals surface area contributed by atoms with Crippen molar-refractivity contribution in [2.24, 2.45) is 17.8 Å². The van der Waals surface area contributed by atoms with E-state index in [0.29, 0.717) is 30.5 Å². The van der Waals surface area contributed by atoms with Crippen molar-refractivity contribution < 1.29 is 19.4 Å². The van der Waals surface area contributed by atoms with E-state index < -0.39 is 5.60 Å². The molecule has 4 atom stereocenters. The van der Waals surface area contributed by atoms with E-state index in [1.807, 2.05) is 13.8 Å². The van der Waals surface area contributed by atoms with E-state index in [9.17, 15) is 14.7 Å². The van der Waals surface area contributed by atoms with Crippen LogP contribution in [0.1, 0.15) is 111 Å². The number of esters is 1. The van der Waals surface area contributed by atoms with E-state index >= 15 is 0 Å². The Morgan fingerprint density at radius 3 is 2.70 bits per heavy atom. The van der Waals surface area contributed by atoms with Crippen LogP contribution in [-0.4, -0.2) is 28.6 Å². The van der Waals surface area contributed by atoms with Gasteiger partial charge in [-0.05, 0) is 70.6 Å². The zero-order chi connectivity index (χ0) is 22.0. The predicted octanol–water partition coefficient (Wildman–Crippen LogP) is 6.15. The number of ketones is 1. The molecule has 0 heterocycles. The highest BCUT2D eigenvalue weighted by Gasteiger charge is 2.48. The third-order valence-electron chi connectivity index (χ3n) is 7.01. The third-order valence-corrected chi connectivity index (χ3v) is 7.01. The maximum atomic E-state index is 12.6. The van der Waals surface area contributed by atoms with Gasteiger partial charge in [-0.1, -0.05) is 51.2 Å². The molecule has 0 aromatic carbocycles. The van der Waals surface area contributed by atoms with Crippen LogP contribution in [0, 0.1) is 17.8 Å². The van der Waals surface area contributed by atoms with E-state index in [2.05, 4.69) is 19.1 Å². The largest absolute Gasteiger partial charge is 0.463 e. The van der Waals surface area contributed by atoms with Gasteiger partial charge >= 0.3 is 5.97 Å². The number of hydrogen-bond acceptors (Lipinski definition) is 4. The topological polar surface area (TPSA) is 63.6 Å². The first-order valence-electron chi connectivity index (χ1n) is 12.4. The number of carbonyl (C=O) groups is 2. The van der Waals surface area contributed by atoms with Crippen LogP contribution < -0.4 is 0 Å². The Hall–Kier alpha value is -1.16.